The zero-order valence-corrected chi connectivity index (χ0v) is 13.6. The summed E-state index contributed by atoms with van der Waals surface area (Å²) in [6, 6.07) is 11.7. The molecule has 0 bridgehead atoms. The van der Waals surface area contributed by atoms with Gasteiger partial charge in [0.15, 0.2) is 0 Å². The lowest BCUT2D eigenvalue weighted by Gasteiger charge is -2.11. The standard InChI is InChI=1S/C18H12ClFN4O/c19-11-5-6-15(13(20)8-11)23-18-21-9-10-7-16(25)22-14-4-2-1-3-12(14)17(10)24-18/h1-6,8-9H,7H2,(H,22,25)(H,21,23,24). The molecule has 2 N–H and O–H groups in total. The maximum atomic E-state index is 14.0. The lowest BCUT2D eigenvalue weighted by Crippen LogP contribution is -2.12. The molecule has 7 heteroatoms. The Morgan fingerprint density at radius 3 is 2.88 bits per heavy atom. The van der Waals surface area contributed by atoms with Crippen molar-refractivity contribution in [1.82, 2.24) is 9.97 Å². The maximum Gasteiger partial charge on any atom is 0.228 e. The van der Waals surface area contributed by atoms with E-state index in [-0.39, 0.29) is 24.0 Å². The lowest BCUT2D eigenvalue weighted by molar-refractivity contribution is -0.115. The fourth-order valence-electron chi connectivity index (χ4n) is 2.71. The van der Waals surface area contributed by atoms with E-state index < -0.39 is 5.82 Å². The molecule has 124 valence electrons. The molecule has 0 unspecified atom stereocenters. The molecule has 1 aliphatic rings. The molecule has 0 aliphatic carbocycles. The van der Waals surface area contributed by atoms with Crippen LogP contribution >= 0.6 is 11.6 Å². The third-order valence-electron chi connectivity index (χ3n) is 3.85. The minimum Gasteiger partial charge on any atom is -0.325 e. The Labute approximate surface area is 147 Å². The van der Waals surface area contributed by atoms with Crippen molar-refractivity contribution in [3.05, 3.63) is 65.1 Å². The van der Waals surface area contributed by atoms with Crippen LogP contribution < -0.4 is 10.6 Å². The Bertz CT molecular complexity index is 993. The highest BCUT2D eigenvalue weighted by Gasteiger charge is 2.20. The molecule has 3 aromatic rings. The molecule has 4 rings (SSSR count). The summed E-state index contributed by atoms with van der Waals surface area (Å²) in [5.74, 6) is -0.383. The summed E-state index contributed by atoms with van der Waals surface area (Å²) < 4.78 is 14.0. The number of carbonyl (C=O) groups is 1. The minimum atomic E-state index is -0.497. The predicted octanol–water partition coefficient (Wildman–Crippen LogP) is 4.17. The Kier molecular flexibility index (Phi) is 3.82. The molecule has 1 aliphatic heterocycles. The Hall–Kier alpha value is -2.99. The van der Waals surface area contributed by atoms with Crippen LogP contribution in [0.4, 0.5) is 21.7 Å². The van der Waals surface area contributed by atoms with Crippen LogP contribution in [0.5, 0.6) is 0 Å². The molecular weight excluding hydrogens is 343 g/mol. The molecule has 1 aromatic heterocycles. The van der Waals surface area contributed by atoms with E-state index in [2.05, 4.69) is 20.6 Å². The third kappa shape index (κ3) is 3.04. The van der Waals surface area contributed by atoms with Gasteiger partial charge in [0, 0.05) is 22.3 Å². The number of aromatic nitrogens is 2. The molecule has 0 fully saturated rings. The van der Waals surface area contributed by atoms with Crippen molar-refractivity contribution < 1.29 is 9.18 Å². The molecule has 0 saturated carbocycles. The van der Waals surface area contributed by atoms with E-state index in [4.69, 9.17) is 11.6 Å². The number of rotatable bonds is 2. The van der Waals surface area contributed by atoms with E-state index in [1.54, 1.807) is 12.3 Å². The van der Waals surface area contributed by atoms with Gasteiger partial charge in [0.1, 0.15) is 5.82 Å². The topological polar surface area (TPSA) is 66.9 Å². The van der Waals surface area contributed by atoms with Crippen LogP contribution in [0.15, 0.2) is 48.7 Å². The third-order valence-corrected chi connectivity index (χ3v) is 4.08. The van der Waals surface area contributed by atoms with Crippen molar-refractivity contribution in [2.75, 3.05) is 10.6 Å². The SMILES string of the molecule is O=C1Cc2cnc(Nc3ccc(Cl)cc3F)nc2-c2ccccc2N1. The maximum absolute atomic E-state index is 14.0. The van der Waals surface area contributed by atoms with Gasteiger partial charge in [0.2, 0.25) is 11.9 Å². The number of carbonyl (C=O) groups excluding carboxylic acids is 1. The number of fused-ring (bicyclic) bond motifs is 3. The van der Waals surface area contributed by atoms with Crippen molar-refractivity contribution in [1.29, 1.82) is 0 Å². The monoisotopic (exact) mass is 354 g/mol. The van der Waals surface area contributed by atoms with Gasteiger partial charge in [0.25, 0.3) is 0 Å². The first kappa shape index (κ1) is 15.5. The van der Waals surface area contributed by atoms with Crippen molar-refractivity contribution in [3.8, 4) is 11.3 Å². The summed E-state index contributed by atoms with van der Waals surface area (Å²) >= 11 is 5.76. The van der Waals surface area contributed by atoms with Crippen LogP contribution in [-0.2, 0) is 11.2 Å². The van der Waals surface area contributed by atoms with Gasteiger partial charge in [-0.15, -0.1) is 0 Å². The second-order valence-corrected chi connectivity index (χ2v) is 6.02. The van der Waals surface area contributed by atoms with E-state index in [1.807, 2.05) is 24.3 Å². The van der Waals surface area contributed by atoms with Crippen molar-refractivity contribution >= 4 is 34.8 Å². The number of para-hydroxylation sites is 1. The van der Waals surface area contributed by atoms with Gasteiger partial charge in [-0.1, -0.05) is 29.8 Å². The van der Waals surface area contributed by atoms with Crippen LogP contribution in [0.1, 0.15) is 5.56 Å². The van der Waals surface area contributed by atoms with Gasteiger partial charge in [0.05, 0.1) is 23.5 Å². The molecular formula is C18H12ClFN4O. The predicted molar refractivity (Wildman–Crippen MR) is 94.5 cm³/mol. The highest BCUT2D eigenvalue weighted by molar-refractivity contribution is 6.30. The average molecular weight is 355 g/mol. The Morgan fingerprint density at radius 1 is 1.20 bits per heavy atom. The largest absolute Gasteiger partial charge is 0.325 e. The summed E-state index contributed by atoms with van der Waals surface area (Å²) in [7, 11) is 0. The van der Waals surface area contributed by atoms with Crippen LogP contribution in [-0.4, -0.2) is 15.9 Å². The highest BCUT2D eigenvalue weighted by atomic mass is 35.5. The van der Waals surface area contributed by atoms with Gasteiger partial charge < -0.3 is 10.6 Å². The number of hydrogen-bond acceptors (Lipinski definition) is 4. The van der Waals surface area contributed by atoms with E-state index in [0.29, 0.717) is 22.0 Å². The van der Waals surface area contributed by atoms with Crippen LogP contribution in [0.2, 0.25) is 5.02 Å². The number of halogens is 2. The molecule has 25 heavy (non-hydrogen) atoms. The number of nitrogens with zero attached hydrogens (tertiary/aromatic N) is 2. The molecule has 2 aromatic carbocycles. The molecule has 2 heterocycles. The first-order chi connectivity index (χ1) is 12.1. The van der Waals surface area contributed by atoms with E-state index in [0.717, 1.165) is 5.56 Å². The van der Waals surface area contributed by atoms with Crippen molar-refractivity contribution in [2.45, 2.75) is 6.42 Å². The fourth-order valence-corrected chi connectivity index (χ4v) is 2.87. The fraction of sp³-hybridized carbons (Fsp3) is 0.0556. The molecule has 1 amide bonds. The Morgan fingerprint density at radius 2 is 2.04 bits per heavy atom. The summed E-state index contributed by atoms with van der Waals surface area (Å²) in [4.78, 5) is 20.7. The quantitative estimate of drug-likeness (QED) is 0.724. The number of amides is 1. The molecule has 0 atom stereocenters. The average Bonchev–Trinajstić information content (AvgIpc) is 2.73. The summed E-state index contributed by atoms with van der Waals surface area (Å²) in [6.07, 6.45) is 1.76. The highest BCUT2D eigenvalue weighted by Crippen LogP contribution is 2.33. The zero-order chi connectivity index (χ0) is 17.4. The lowest BCUT2D eigenvalue weighted by atomic mass is 10.1. The van der Waals surface area contributed by atoms with Gasteiger partial charge >= 0.3 is 0 Å². The van der Waals surface area contributed by atoms with Crippen LogP contribution in [0.25, 0.3) is 11.3 Å². The second-order valence-electron chi connectivity index (χ2n) is 5.59. The Balaban J connectivity index is 1.77. The van der Waals surface area contributed by atoms with E-state index >= 15 is 0 Å². The normalized spacial score (nSPS) is 12.6. The minimum absolute atomic E-state index is 0.126. The number of anilines is 3. The number of nitrogens with one attached hydrogen (secondary N) is 2. The zero-order valence-electron chi connectivity index (χ0n) is 12.9. The van der Waals surface area contributed by atoms with Crippen LogP contribution in [0.3, 0.4) is 0 Å². The first-order valence-electron chi connectivity index (χ1n) is 7.57. The summed E-state index contributed by atoms with van der Waals surface area (Å²) in [5.41, 5.74) is 3.06. The summed E-state index contributed by atoms with van der Waals surface area (Å²) in [6.45, 7) is 0. The number of hydrogen-bond donors (Lipinski definition) is 2. The van der Waals surface area contributed by atoms with Crippen molar-refractivity contribution in [3.63, 3.8) is 0 Å². The van der Waals surface area contributed by atoms with E-state index in [9.17, 15) is 9.18 Å². The first-order valence-corrected chi connectivity index (χ1v) is 7.95. The van der Waals surface area contributed by atoms with Gasteiger partial charge in [-0.05, 0) is 24.3 Å². The number of benzene rings is 2. The van der Waals surface area contributed by atoms with Gasteiger partial charge in [-0.2, -0.15) is 0 Å². The second kappa shape index (κ2) is 6.14. The smallest absolute Gasteiger partial charge is 0.228 e. The molecule has 5 nitrogen and oxygen atoms in total. The molecule has 0 radical (unpaired) electrons. The van der Waals surface area contributed by atoms with E-state index in [1.165, 1.54) is 12.1 Å². The van der Waals surface area contributed by atoms with Gasteiger partial charge in [-0.3, -0.25) is 4.79 Å². The summed E-state index contributed by atoms with van der Waals surface area (Å²) in [5, 5.41) is 6.01. The van der Waals surface area contributed by atoms with Crippen LogP contribution in [0, 0.1) is 5.82 Å². The van der Waals surface area contributed by atoms with Gasteiger partial charge in [-0.25, -0.2) is 14.4 Å². The molecule has 0 saturated heterocycles. The van der Waals surface area contributed by atoms with Crippen molar-refractivity contribution in [2.24, 2.45) is 0 Å². The molecule has 0 spiro atoms.